The number of rotatable bonds is 1. The fourth-order valence-electron chi connectivity index (χ4n) is 3.66. The first-order valence-corrected chi connectivity index (χ1v) is 7.86. The topological polar surface area (TPSA) is 27.3 Å². The van der Waals surface area contributed by atoms with E-state index in [0.29, 0.717) is 13.0 Å². The minimum atomic E-state index is -4.23. The standard InChI is InChI=1S/C17H18F3N3/c18-17(19,20)15-10-14(22-16-7-8-21-23(15)16)13-6-5-11-3-1-2-4-12(11)9-13/h1-6,9,14-16,21-22H,7-8,10H2. The molecule has 0 bridgehead atoms. The molecule has 0 amide bonds. The van der Waals surface area contributed by atoms with Crippen LogP contribution in [-0.2, 0) is 0 Å². The molecule has 2 aromatic carbocycles. The smallest absolute Gasteiger partial charge is 0.294 e. The van der Waals surface area contributed by atoms with Crippen LogP contribution >= 0.6 is 0 Å². The monoisotopic (exact) mass is 321 g/mol. The third-order valence-electron chi connectivity index (χ3n) is 4.79. The highest BCUT2D eigenvalue weighted by atomic mass is 19.4. The molecule has 2 heterocycles. The molecule has 0 radical (unpaired) electrons. The maximum Gasteiger partial charge on any atom is 0.405 e. The van der Waals surface area contributed by atoms with Gasteiger partial charge in [0.15, 0.2) is 0 Å². The predicted molar refractivity (Wildman–Crippen MR) is 82.5 cm³/mol. The minimum Gasteiger partial charge on any atom is -0.294 e. The molecule has 6 heteroatoms. The molecule has 2 saturated heterocycles. The highest BCUT2D eigenvalue weighted by Gasteiger charge is 2.51. The Kier molecular flexibility index (Phi) is 3.55. The molecule has 4 rings (SSSR count). The van der Waals surface area contributed by atoms with Gasteiger partial charge in [0.25, 0.3) is 0 Å². The quantitative estimate of drug-likeness (QED) is 0.843. The second-order valence-corrected chi connectivity index (χ2v) is 6.24. The molecule has 0 spiro atoms. The lowest BCUT2D eigenvalue weighted by Gasteiger charge is -2.42. The third-order valence-corrected chi connectivity index (χ3v) is 4.79. The zero-order chi connectivity index (χ0) is 16.0. The predicted octanol–water partition coefficient (Wildman–Crippen LogP) is 3.34. The number of alkyl halides is 3. The van der Waals surface area contributed by atoms with Gasteiger partial charge in [-0.1, -0.05) is 36.4 Å². The molecule has 2 fully saturated rings. The molecule has 3 atom stereocenters. The van der Waals surface area contributed by atoms with Crippen molar-refractivity contribution in [3.05, 3.63) is 48.0 Å². The van der Waals surface area contributed by atoms with E-state index in [2.05, 4.69) is 10.7 Å². The number of nitrogens with one attached hydrogen (secondary N) is 2. The van der Waals surface area contributed by atoms with Crippen LogP contribution in [0.4, 0.5) is 13.2 Å². The molecule has 2 N–H and O–H groups in total. The van der Waals surface area contributed by atoms with Crippen molar-refractivity contribution in [2.24, 2.45) is 0 Å². The van der Waals surface area contributed by atoms with Gasteiger partial charge in [0.05, 0.1) is 6.17 Å². The SMILES string of the molecule is FC(F)(F)C1CC(c2ccc3ccccc3c2)NC2CCNN21. The van der Waals surface area contributed by atoms with E-state index in [0.717, 1.165) is 16.3 Å². The second kappa shape index (κ2) is 5.47. The Morgan fingerprint density at radius 3 is 2.61 bits per heavy atom. The average molecular weight is 321 g/mol. The molecule has 122 valence electrons. The van der Waals surface area contributed by atoms with Crippen LogP contribution in [0.3, 0.4) is 0 Å². The largest absolute Gasteiger partial charge is 0.405 e. The van der Waals surface area contributed by atoms with Crippen molar-refractivity contribution in [2.75, 3.05) is 6.54 Å². The van der Waals surface area contributed by atoms with Gasteiger partial charge in [-0.15, -0.1) is 0 Å². The maximum absolute atomic E-state index is 13.4. The molecule has 2 aliphatic rings. The van der Waals surface area contributed by atoms with E-state index in [4.69, 9.17) is 0 Å². The van der Waals surface area contributed by atoms with Gasteiger partial charge in [0, 0.05) is 12.6 Å². The molecule has 23 heavy (non-hydrogen) atoms. The van der Waals surface area contributed by atoms with E-state index in [-0.39, 0.29) is 18.6 Å². The summed E-state index contributed by atoms with van der Waals surface area (Å²) in [4.78, 5) is 0. The van der Waals surface area contributed by atoms with Crippen LogP contribution < -0.4 is 10.7 Å². The summed E-state index contributed by atoms with van der Waals surface area (Å²) in [5, 5.41) is 6.86. The zero-order valence-electron chi connectivity index (χ0n) is 12.5. The number of halogens is 3. The Morgan fingerprint density at radius 2 is 1.83 bits per heavy atom. The summed E-state index contributed by atoms with van der Waals surface area (Å²) in [6.07, 6.45) is -3.80. The lowest BCUT2D eigenvalue weighted by molar-refractivity contribution is -0.207. The molecule has 3 nitrogen and oxygen atoms in total. The van der Waals surface area contributed by atoms with Crippen molar-refractivity contribution >= 4 is 10.8 Å². The van der Waals surface area contributed by atoms with Crippen molar-refractivity contribution in [1.29, 1.82) is 0 Å². The summed E-state index contributed by atoms with van der Waals surface area (Å²) in [7, 11) is 0. The molecule has 0 saturated carbocycles. The van der Waals surface area contributed by atoms with Gasteiger partial charge in [-0.05, 0) is 35.2 Å². The van der Waals surface area contributed by atoms with Gasteiger partial charge >= 0.3 is 6.18 Å². The number of hydrogen-bond donors (Lipinski definition) is 2. The van der Waals surface area contributed by atoms with E-state index in [1.807, 2.05) is 42.5 Å². The van der Waals surface area contributed by atoms with Crippen LogP contribution in [0, 0.1) is 0 Å². The normalized spacial score (nSPS) is 28.9. The number of hydrazine groups is 1. The first-order valence-electron chi connectivity index (χ1n) is 7.86. The Hall–Kier alpha value is -1.63. The highest BCUT2D eigenvalue weighted by molar-refractivity contribution is 5.83. The number of nitrogens with zero attached hydrogens (tertiary/aromatic N) is 1. The number of hydrogen-bond acceptors (Lipinski definition) is 3. The van der Waals surface area contributed by atoms with Gasteiger partial charge < -0.3 is 0 Å². The zero-order valence-corrected chi connectivity index (χ0v) is 12.5. The average Bonchev–Trinajstić information content (AvgIpc) is 3.00. The first-order chi connectivity index (χ1) is 11.0. The van der Waals surface area contributed by atoms with E-state index >= 15 is 0 Å². The minimum absolute atomic E-state index is 0.0192. The molecule has 0 aliphatic carbocycles. The molecule has 2 aliphatic heterocycles. The van der Waals surface area contributed by atoms with Crippen molar-refractivity contribution in [3.8, 4) is 0 Å². The Balaban J connectivity index is 1.67. The van der Waals surface area contributed by atoms with Crippen LogP contribution in [-0.4, -0.2) is 29.9 Å². The molecule has 0 aromatic heterocycles. The summed E-state index contributed by atoms with van der Waals surface area (Å²) in [6.45, 7) is 0.578. The van der Waals surface area contributed by atoms with E-state index < -0.39 is 12.2 Å². The second-order valence-electron chi connectivity index (χ2n) is 6.24. The lowest BCUT2D eigenvalue weighted by atomic mass is 9.93. The summed E-state index contributed by atoms with van der Waals surface area (Å²) >= 11 is 0. The van der Waals surface area contributed by atoms with E-state index in [9.17, 15) is 13.2 Å². The van der Waals surface area contributed by atoms with Gasteiger partial charge in [-0.3, -0.25) is 10.7 Å². The first kappa shape index (κ1) is 14.9. The Bertz CT molecular complexity index is 716. The van der Waals surface area contributed by atoms with Crippen LogP contribution in [0.15, 0.2) is 42.5 Å². The van der Waals surface area contributed by atoms with Crippen LogP contribution in [0.25, 0.3) is 10.8 Å². The fourth-order valence-corrected chi connectivity index (χ4v) is 3.66. The Labute approximate surface area is 132 Å². The summed E-state index contributed by atoms with van der Waals surface area (Å²) < 4.78 is 40.2. The maximum atomic E-state index is 13.4. The van der Waals surface area contributed by atoms with Crippen molar-refractivity contribution < 1.29 is 13.2 Å². The Morgan fingerprint density at radius 1 is 1.04 bits per heavy atom. The number of benzene rings is 2. The highest BCUT2D eigenvalue weighted by Crippen LogP contribution is 2.38. The van der Waals surface area contributed by atoms with Crippen molar-refractivity contribution in [2.45, 2.75) is 37.3 Å². The molecule has 3 unspecified atom stereocenters. The van der Waals surface area contributed by atoms with E-state index in [1.165, 1.54) is 5.01 Å². The van der Waals surface area contributed by atoms with Gasteiger partial charge in [-0.2, -0.15) is 13.2 Å². The van der Waals surface area contributed by atoms with Crippen LogP contribution in [0.2, 0.25) is 0 Å². The summed E-state index contributed by atoms with van der Waals surface area (Å²) in [5.74, 6) is 0. The number of fused-ring (bicyclic) bond motifs is 2. The summed E-state index contributed by atoms with van der Waals surface area (Å²) in [6, 6.07) is 12.1. The summed E-state index contributed by atoms with van der Waals surface area (Å²) in [5.41, 5.74) is 3.79. The van der Waals surface area contributed by atoms with Crippen molar-refractivity contribution in [1.82, 2.24) is 15.8 Å². The molecule has 2 aromatic rings. The van der Waals surface area contributed by atoms with Crippen LogP contribution in [0.5, 0.6) is 0 Å². The van der Waals surface area contributed by atoms with Gasteiger partial charge in [0.2, 0.25) is 0 Å². The third kappa shape index (κ3) is 2.71. The van der Waals surface area contributed by atoms with E-state index in [1.54, 1.807) is 0 Å². The molecular weight excluding hydrogens is 303 g/mol. The van der Waals surface area contributed by atoms with Gasteiger partial charge in [0.1, 0.15) is 6.04 Å². The molecular formula is C17H18F3N3. The van der Waals surface area contributed by atoms with Crippen LogP contribution in [0.1, 0.15) is 24.4 Å². The van der Waals surface area contributed by atoms with Gasteiger partial charge in [-0.25, -0.2) is 5.01 Å². The fraction of sp³-hybridized carbons (Fsp3) is 0.412. The lowest BCUT2D eigenvalue weighted by Crippen LogP contribution is -2.61. The van der Waals surface area contributed by atoms with Crippen molar-refractivity contribution in [3.63, 3.8) is 0 Å².